The lowest BCUT2D eigenvalue weighted by molar-refractivity contribution is -0.135. The van der Waals surface area contributed by atoms with E-state index in [2.05, 4.69) is 46.2 Å². The second kappa shape index (κ2) is 6.63. The van der Waals surface area contributed by atoms with E-state index < -0.39 is 0 Å². The first-order valence-corrected chi connectivity index (χ1v) is 8.85. The van der Waals surface area contributed by atoms with Crippen LogP contribution in [0, 0.1) is 5.92 Å². The van der Waals surface area contributed by atoms with Crippen molar-refractivity contribution in [1.82, 2.24) is 20.7 Å². The summed E-state index contributed by atoms with van der Waals surface area (Å²) in [6.45, 7) is 1.35. The Labute approximate surface area is 146 Å². The third kappa shape index (κ3) is 2.86. The Bertz CT molecular complexity index is 826. The van der Waals surface area contributed by atoms with Crippen LogP contribution in [0.15, 0.2) is 30.5 Å². The number of H-pyrrole nitrogens is 1. The second-order valence-electron chi connectivity index (χ2n) is 6.82. The Morgan fingerprint density at radius 3 is 3.16 bits per heavy atom. The van der Waals surface area contributed by atoms with Crippen LogP contribution in [0.2, 0.25) is 0 Å². The van der Waals surface area contributed by atoms with E-state index in [0.717, 1.165) is 11.9 Å². The van der Waals surface area contributed by atoms with Crippen LogP contribution in [0.3, 0.4) is 0 Å². The molecule has 0 saturated heterocycles. The zero-order chi connectivity index (χ0) is 17.4. The number of hydrogen-bond acceptors (Lipinski definition) is 4. The largest absolute Gasteiger partial charge is 0.396 e. The van der Waals surface area contributed by atoms with E-state index in [1.165, 1.54) is 22.1 Å². The van der Waals surface area contributed by atoms with Gasteiger partial charge in [0.25, 0.3) is 0 Å². The van der Waals surface area contributed by atoms with E-state index >= 15 is 0 Å². The van der Waals surface area contributed by atoms with Gasteiger partial charge in [-0.1, -0.05) is 18.2 Å². The fourth-order valence-electron chi connectivity index (χ4n) is 3.92. The average Bonchev–Trinajstić information content (AvgIpc) is 3.05. The Morgan fingerprint density at radius 1 is 1.44 bits per heavy atom. The number of aromatic nitrogens is 1. The molecule has 0 bridgehead atoms. The van der Waals surface area contributed by atoms with Crippen molar-refractivity contribution >= 4 is 22.4 Å². The van der Waals surface area contributed by atoms with Crippen LogP contribution in [0.5, 0.6) is 0 Å². The molecule has 0 saturated carbocycles. The molecule has 132 valence electrons. The predicted molar refractivity (Wildman–Crippen MR) is 97.7 cm³/mol. The van der Waals surface area contributed by atoms with Gasteiger partial charge in [0.05, 0.1) is 5.92 Å². The van der Waals surface area contributed by atoms with Crippen LogP contribution >= 0.6 is 0 Å². The number of carbonyl (C=O) groups is 1. The SMILES string of the molecule is CN(NCCCO)C(=O)[C@@H]1C=C2c3cccc4[nH]cc(c34)C[C@H]2NC1. The van der Waals surface area contributed by atoms with Crippen LogP contribution < -0.4 is 10.7 Å². The van der Waals surface area contributed by atoms with Crippen molar-refractivity contribution in [3.63, 3.8) is 0 Å². The Morgan fingerprint density at radius 2 is 2.32 bits per heavy atom. The lowest BCUT2D eigenvalue weighted by atomic mass is 9.80. The van der Waals surface area contributed by atoms with Crippen molar-refractivity contribution in [3.05, 3.63) is 41.6 Å². The van der Waals surface area contributed by atoms with Crippen molar-refractivity contribution in [3.8, 4) is 0 Å². The summed E-state index contributed by atoms with van der Waals surface area (Å²) >= 11 is 0. The summed E-state index contributed by atoms with van der Waals surface area (Å²) in [5, 5.41) is 15.2. The van der Waals surface area contributed by atoms with E-state index in [-0.39, 0.29) is 24.5 Å². The average molecular weight is 340 g/mol. The molecule has 25 heavy (non-hydrogen) atoms. The van der Waals surface area contributed by atoms with Crippen LogP contribution in [-0.4, -0.2) is 53.8 Å². The molecular formula is C19H24N4O2. The molecule has 0 radical (unpaired) electrons. The molecule has 6 heteroatoms. The summed E-state index contributed by atoms with van der Waals surface area (Å²) in [7, 11) is 1.75. The summed E-state index contributed by atoms with van der Waals surface area (Å²) in [5.74, 6) is -0.142. The topological polar surface area (TPSA) is 80.4 Å². The molecule has 2 aromatic rings. The minimum absolute atomic E-state index is 0.0448. The van der Waals surface area contributed by atoms with Gasteiger partial charge < -0.3 is 15.4 Å². The van der Waals surface area contributed by atoms with Gasteiger partial charge in [-0.2, -0.15) is 0 Å². The Balaban J connectivity index is 1.61. The van der Waals surface area contributed by atoms with E-state index in [0.29, 0.717) is 19.5 Å². The first-order valence-electron chi connectivity index (χ1n) is 8.85. The summed E-state index contributed by atoms with van der Waals surface area (Å²) in [6, 6.07) is 6.58. The third-order valence-electron chi connectivity index (χ3n) is 5.19. The number of aliphatic hydroxyl groups excluding tert-OH is 1. The standard InChI is InChI=1S/C19H24N4O2/c1-23(22-6-3-7-24)19(25)13-8-15-14-4-2-5-16-18(14)12(10-20-16)9-17(15)21-11-13/h2,4-5,8,10,13,17,20-22,24H,3,6-7,9,11H2,1H3/t13-,17-/m1/s1. The van der Waals surface area contributed by atoms with Crippen molar-refractivity contribution in [2.24, 2.45) is 5.92 Å². The summed E-state index contributed by atoms with van der Waals surface area (Å²) in [4.78, 5) is 16.1. The first-order chi connectivity index (χ1) is 12.2. The highest BCUT2D eigenvalue weighted by Gasteiger charge is 2.33. The highest BCUT2D eigenvalue weighted by molar-refractivity contribution is 5.99. The smallest absolute Gasteiger partial charge is 0.244 e. The minimum Gasteiger partial charge on any atom is -0.396 e. The molecule has 6 nitrogen and oxygen atoms in total. The molecule has 2 atom stereocenters. The van der Waals surface area contributed by atoms with Crippen molar-refractivity contribution in [1.29, 1.82) is 0 Å². The Kier molecular flexibility index (Phi) is 4.33. The maximum Gasteiger partial charge on any atom is 0.244 e. The molecule has 1 amide bonds. The van der Waals surface area contributed by atoms with Crippen LogP contribution in [0.25, 0.3) is 16.5 Å². The second-order valence-corrected chi connectivity index (χ2v) is 6.82. The molecule has 0 unspecified atom stereocenters. The highest BCUT2D eigenvalue weighted by Crippen LogP contribution is 2.38. The lowest BCUT2D eigenvalue weighted by Gasteiger charge is -2.34. The van der Waals surface area contributed by atoms with Gasteiger partial charge in [0.15, 0.2) is 0 Å². The van der Waals surface area contributed by atoms with E-state index in [9.17, 15) is 4.79 Å². The van der Waals surface area contributed by atoms with Crippen LogP contribution in [-0.2, 0) is 11.2 Å². The molecule has 0 spiro atoms. The normalized spacial score (nSPS) is 21.8. The van der Waals surface area contributed by atoms with Gasteiger partial charge in [-0.15, -0.1) is 0 Å². The molecule has 1 aromatic carbocycles. The number of nitrogens with zero attached hydrogens (tertiary/aromatic N) is 1. The number of carbonyl (C=O) groups excluding carboxylic acids is 1. The molecular weight excluding hydrogens is 316 g/mol. The predicted octanol–water partition coefficient (Wildman–Crippen LogP) is 1.04. The Hall–Kier alpha value is -2.15. The van der Waals surface area contributed by atoms with Gasteiger partial charge in [0.2, 0.25) is 5.91 Å². The summed E-state index contributed by atoms with van der Waals surface area (Å²) in [6.07, 6.45) is 5.82. The van der Waals surface area contributed by atoms with Gasteiger partial charge in [-0.3, -0.25) is 9.80 Å². The van der Waals surface area contributed by atoms with Gasteiger partial charge in [-0.05, 0) is 35.6 Å². The van der Waals surface area contributed by atoms with Crippen molar-refractivity contribution in [2.45, 2.75) is 18.9 Å². The number of aromatic amines is 1. The number of rotatable bonds is 5. The van der Waals surface area contributed by atoms with Gasteiger partial charge in [0.1, 0.15) is 0 Å². The first kappa shape index (κ1) is 16.3. The number of hydrazine groups is 1. The highest BCUT2D eigenvalue weighted by atomic mass is 16.3. The molecule has 1 aliphatic carbocycles. The lowest BCUT2D eigenvalue weighted by Crippen LogP contribution is -2.49. The summed E-state index contributed by atoms with van der Waals surface area (Å²) < 4.78 is 0. The van der Waals surface area contributed by atoms with Gasteiger partial charge in [0, 0.05) is 49.9 Å². The quantitative estimate of drug-likeness (QED) is 0.484. The molecule has 0 fully saturated rings. The monoisotopic (exact) mass is 340 g/mol. The summed E-state index contributed by atoms with van der Waals surface area (Å²) in [5.41, 5.74) is 8.00. The van der Waals surface area contributed by atoms with Gasteiger partial charge in [-0.25, -0.2) is 5.43 Å². The number of hydrogen-bond donors (Lipinski definition) is 4. The van der Waals surface area contributed by atoms with Crippen LogP contribution in [0.4, 0.5) is 0 Å². The maximum absolute atomic E-state index is 12.7. The van der Waals surface area contributed by atoms with E-state index in [1.807, 2.05) is 0 Å². The number of nitrogens with one attached hydrogen (secondary N) is 3. The number of benzene rings is 1. The zero-order valence-electron chi connectivity index (χ0n) is 14.4. The molecule has 4 rings (SSSR count). The minimum atomic E-state index is -0.186. The maximum atomic E-state index is 12.7. The number of fused-ring (bicyclic) bond motifs is 2. The third-order valence-corrected chi connectivity index (χ3v) is 5.19. The molecule has 1 aromatic heterocycles. The molecule has 4 N–H and O–H groups in total. The van der Waals surface area contributed by atoms with Crippen LogP contribution in [0.1, 0.15) is 17.5 Å². The molecule has 2 heterocycles. The van der Waals surface area contributed by atoms with Crippen molar-refractivity contribution < 1.29 is 9.90 Å². The number of amides is 1. The zero-order valence-corrected chi connectivity index (χ0v) is 14.4. The molecule has 1 aliphatic heterocycles. The fraction of sp³-hybridized carbons (Fsp3) is 0.421. The van der Waals surface area contributed by atoms with Gasteiger partial charge >= 0.3 is 0 Å². The molecule has 2 aliphatic rings. The van der Waals surface area contributed by atoms with E-state index in [4.69, 9.17) is 5.11 Å². The number of aliphatic hydroxyl groups is 1. The van der Waals surface area contributed by atoms with E-state index in [1.54, 1.807) is 12.1 Å². The van der Waals surface area contributed by atoms with Crippen molar-refractivity contribution in [2.75, 3.05) is 26.7 Å². The fourth-order valence-corrected chi connectivity index (χ4v) is 3.92.